The first-order valence-electron chi connectivity index (χ1n) is 9.20. The molecule has 30 heavy (non-hydrogen) atoms. The molecule has 0 radical (unpaired) electrons. The molecule has 1 N–H and O–H groups in total. The highest BCUT2D eigenvalue weighted by Gasteiger charge is 2.19. The Morgan fingerprint density at radius 2 is 1.73 bits per heavy atom. The summed E-state index contributed by atoms with van der Waals surface area (Å²) < 4.78 is 17.1. The van der Waals surface area contributed by atoms with Crippen LogP contribution in [0.1, 0.15) is 11.1 Å². The van der Waals surface area contributed by atoms with E-state index < -0.39 is 11.2 Å². The number of rotatable bonds is 5. The van der Waals surface area contributed by atoms with Gasteiger partial charge in [0.1, 0.15) is 5.82 Å². The summed E-state index contributed by atoms with van der Waals surface area (Å²) in [6, 6.07) is 15.4. The second kappa shape index (κ2) is 7.78. The highest BCUT2D eigenvalue weighted by atomic mass is 19.1. The molecule has 0 amide bonds. The number of nitrogens with one attached hydrogen (secondary N) is 1. The molecular formula is C21H19FN6O2. The maximum absolute atomic E-state index is 13.1. The van der Waals surface area contributed by atoms with Gasteiger partial charge in [-0.15, -0.1) is 0 Å². The molecule has 4 aromatic rings. The number of halogens is 1. The lowest BCUT2D eigenvalue weighted by atomic mass is 10.2. The molecule has 2 aromatic heterocycles. The Labute approximate surface area is 170 Å². The van der Waals surface area contributed by atoms with Crippen molar-refractivity contribution in [1.29, 1.82) is 0 Å². The van der Waals surface area contributed by atoms with Crippen LogP contribution < -0.4 is 16.7 Å². The maximum Gasteiger partial charge on any atom is 0.332 e. The van der Waals surface area contributed by atoms with Crippen LogP contribution in [0.5, 0.6) is 0 Å². The SMILES string of the molecule is Cn1c(=O)c2c(nc(N/N=C\c3ccc(F)cc3)n2Cc2ccccc2)n(C)c1=O. The molecular weight excluding hydrogens is 387 g/mol. The van der Waals surface area contributed by atoms with Crippen LogP contribution in [0.15, 0.2) is 69.3 Å². The molecule has 0 saturated heterocycles. The lowest BCUT2D eigenvalue weighted by Gasteiger charge is -2.09. The molecule has 0 saturated carbocycles. The lowest BCUT2D eigenvalue weighted by Crippen LogP contribution is -2.37. The van der Waals surface area contributed by atoms with Gasteiger partial charge in [-0.25, -0.2) is 14.6 Å². The monoisotopic (exact) mass is 406 g/mol. The Kier molecular flexibility index (Phi) is 5.01. The molecule has 9 heteroatoms. The van der Waals surface area contributed by atoms with Gasteiger partial charge in [0.2, 0.25) is 5.95 Å². The van der Waals surface area contributed by atoms with Crippen molar-refractivity contribution >= 4 is 23.3 Å². The minimum atomic E-state index is -0.460. The molecule has 0 atom stereocenters. The van der Waals surface area contributed by atoms with Gasteiger partial charge in [0.15, 0.2) is 11.2 Å². The number of benzene rings is 2. The molecule has 152 valence electrons. The van der Waals surface area contributed by atoms with Gasteiger partial charge in [-0.1, -0.05) is 42.5 Å². The topological polar surface area (TPSA) is 86.2 Å². The van der Waals surface area contributed by atoms with E-state index in [-0.39, 0.29) is 11.5 Å². The first-order chi connectivity index (χ1) is 14.5. The maximum atomic E-state index is 13.1. The molecule has 0 aliphatic carbocycles. The molecule has 0 fully saturated rings. The third-order valence-corrected chi connectivity index (χ3v) is 4.78. The zero-order valence-electron chi connectivity index (χ0n) is 16.4. The van der Waals surface area contributed by atoms with Crippen LogP contribution in [0.2, 0.25) is 0 Å². The zero-order valence-corrected chi connectivity index (χ0v) is 16.4. The van der Waals surface area contributed by atoms with Crippen LogP contribution in [-0.4, -0.2) is 24.9 Å². The number of hydrogen-bond acceptors (Lipinski definition) is 5. The van der Waals surface area contributed by atoms with E-state index in [1.165, 1.54) is 30.0 Å². The summed E-state index contributed by atoms with van der Waals surface area (Å²) in [6.45, 7) is 0.360. The number of hydrazone groups is 1. The summed E-state index contributed by atoms with van der Waals surface area (Å²) >= 11 is 0. The van der Waals surface area contributed by atoms with Gasteiger partial charge in [-0.05, 0) is 23.3 Å². The van der Waals surface area contributed by atoms with E-state index in [2.05, 4.69) is 15.5 Å². The fourth-order valence-electron chi connectivity index (χ4n) is 3.17. The number of hydrogen-bond donors (Lipinski definition) is 1. The number of aromatic nitrogens is 4. The largest absolute Gasteiger partial charge is 0.332 e. The van der Waals surface area contributed by atoms with Crippen LogP contribution in [0.25, 0.3) is 11.2 Å². The van der Waals surface area contributed by atoms with E-state index in [0.717, 1.165) is 10.1 Å². The molecule has 4 rings (SSSR count). The second-order valence-electron chi connectivity index (χ2n) is 6.81. The first kappa shape index (κ1) is 19.3. The quantitative estimate of drug-likeness (QED) is 0.406. The van der Waals surface area contributed by atoms with E-state index in [9.17, 15) is 14.0 Å². The van der Waals surface area contributed by atoms with Crippen molar-refractivity contribution in [2.45, 2.75) is 6.54 Å². The van der Waals surface area contributed by atoms with Gasteiger partial charge in [0.05, 0.1) is 12.8 Å². The van der Waals surface area contributed by atoms with Crippen LogP contribution >= 0.6 is 0 Å². The van der Waals surface area contributed by atoms with Gasteiger partial charge >= 0.3 is 5.69 Å². The average molecular weight is 406 g/mol. The normalized spacial score (nSPS) is 11.4. The lowest BCUT2D eigenvalue weighted by molar-refractivity contribution is 0.628. The number of aryl methyl sites for hydroxylation is 1. The highest BCUT2D eigenvalue weighted by Crippen LogP contribution is 2.18. The smallest absolute Gasteiger partial charge is 0.298 e. The third kappa shape index (κ3) is 3.52. The van der Waals surface area contributed by atoms with E-state index in [0.29, 0.717) is 23.6 Å². The summed E-state index contributed by atoms with van der Waals surface area (Å²) in [7, 11) is 3.00. The molecule has 2 heterocycles. The highest BCUT2D eigenvalue weighted by molar-refractivity contribution is 5.80. The summed E-state index contributed by atoms with van der Waals surface area (Å²) in [5, 5.41) is 4.17. The van der Waals surface area contributed by atoms with Crippen molar-refractivity contribution < 1.29 is 4.39 Å². The summed E-state index contributed by atoms with van der Waals surface area (Å²) in [6.07, 6.45) is 1.52. The van der Waals surface area contributed by atoms with Crippen LogP contribution in [0, 0.1) is 5.82 Å². The summed E-state index contributed by atoms with van der Waals surface area (Å²) in [4.78, 5) is 29.6. The molecule has 0 aliphatic rings. The van der Waals surface area contributed by atoms with Gasteiger partial charge in [-0.2, -0.15) is 10.1 Å². The van der Waals surface area contributed by atoms with E-state index in [1.54, 1.807) is 23.7 Å². The Balaban J connectivity index is 1.81. The minimum Gasteiger partial charge on any atom is -0.298 e. The molecule has 0 unspecified atom stereocenters. The van der Waals surface area contributed by atoms with Crippen molar-refractivity contribution in [3.8, 4) is 0 Å². The Morgan fingerprint density at radius 3 is 2.43 bits per heavy atom. The predicted octanol–water partition coefficient (Wildman–Crippen LogP) is 2.07. The fraction of sp³-hybridized carbons (Fsp3) is 0.143. The van der Waals surface area contributed by atoms with Gasteiger partial charge < -0.3 is 0 Å². The van der Waals surface area contributed by atoms with Gasteiger partial charge in [0.25, 0.3) is 5.56 Å². The van der Waals surface area contributed by atoms with Crippen molar-refractivity contribution in [3.05, 3.63) is 92.4 Å². The summed E-state index contributed by atoms with van der Waals surface area (Å²) in [5.41, 5.74) is 4.15. The predicted molar refractivity (Wildman–Crippen MR) is 113 cm³/mol. The van der Waals surface area contributed by atoms with Crippen molar-refractivity contribution in [2.24, 2.45) is 19.2 Å². The zero-order chi connectivity index (χ0) is 21.3. The molecule has 0 aliphatic heterocycles. The number of fused-ring (bicyclic) bond motifs is 1. The van der Waals surface area contributed by atoms with Crippen molar-refractivity contribution in [2.75, 3.05) is 5.43 Å². The molecule has 8 nitrogen and oxygen atoms in total. The fourth-order valence-corrected chi connectivity index (χ4v) is 3.17. The molecule has 0 spiro atoms. The van der Waals surface area contributed by atoms with Gasteiger partial charge in [-0.3, -0.25) is 18.5 Å². The van der Waals surface area contributed by atoms with Gasteiger partial charge in [0, 0.05) is 14.1 Å². The number of imidazole rings is 1. The minimum absolute atomic E-state index is 0.263. The summed E-state index contributed by atoms with van der Waals surface area (Å²) in [5.74, 6) is -0.0213. The van der Waals surface area contributed by atoms with E-state index in [4.69, 9.17) is 0 Å². The average Bonchev–Trinajstić information content (AvgIpc) is 3.11. The van der Waals surface area contributed by atoms with Crippen molar-refractivity contribution in [1.82, 2.24) is 18.7 Å². The van der Waals surface area contributed by atoms with Crippen LogP contribution in [0.4, 0.5) is 10.3 Å². The van der Waals surface area contributed by atoms with Crippen molar-refractivity contribution in [3.63, 3.8) is 0 Å². The standard InChI is InChI=1S/C21H19FN6O2/c1-26-18-17(19(29)27(2)21(26)30)28(13-15-6-4-3-5-7-15)20(24-18)25-23-12-14-8-10-16(22)11-9-14/h3-12H,13H2,1-2H3,(H,24,25)/b23-12-. The first-order valence-corrected chi connectivity index (χ1v) is 9.20. The Bertz CT molecular complexity index is 1350. The Morgan fingerprint density at radius 1 is 1.03 bits per heavy atom. The molecule has 0 bridgehead atoms. The number of anilines is 1. The van der Waals surface area contributed by atoms with E-state index >= 15 is 0 Å². The third-order valence-electron chi connectivity index (χ3n) is 4.78. The molecule has 2 aromatic carbocycles. The van der Waals surface area contributed by atoms with Crippen LogP contribution in [-0.2, 0) is 20.6 Å². The number of nitrogens with zero attached hydrogens (tertiary/aromatic N) is 5. The van der Waals surface area contributed by atoms with E-state index in [1.807, 2.05) is 30.3 Å². The Hall–Kier alpha value is -4.01. The van der Waals surface area contributed by atoms with Crippen LogP contribution in [0.3, 0.4) is 0 Å². The second-order valence-corrected chi connectivity index (χ2v) is 6.81.